The van der Waals surface area contributed by atoms with Gasteiger partial charge in [0.1, 0.15) is 11.9 Å². The molecule has 0 saturated carbocycles. The number of aliphatic carboxylic acids is 1. The number of methoxy groups -OCH3 is 1. The van der Waals surface area contributed by atoms with Crippen molar-refractivity contribution in [2.45, 2.75) is 42.5 Å². The predicted molar refractivity (Wildman–Crippen MR) is 151 cm³/mol. The number of benzene rings is 1. The number of alkyl halides is 1. The molecule has 4 rings (SSSR count). The molecule has 3 heterocycles. The summed E-state index contributed by atoms with van der Waals surface area (Å²) in [5, 5.41) is 12.5. The van der Waals surface area contributed by atoms with Gasteiger partial charge in [0.05, 0.1) is 35.1 Å². The highest BCUT2D eigenvalue weighted by Gasteiger charge is 2.37. The van der Waals surface area contributed by atoms with Crippen molar-refractivity contribution in [3.05, 3.63) is 47.5 Å². The molecule has 0 aliphatic carbocycles. The second-order valence-corrected chi connectivity index (χ2v) is 12.4. The van der Waals surface area contributed by atoms with E-state index < -0.39 is 12.1 Å². The smallest absolute Gasteiger partial charge is 0.303 e. The Morgan fingerprint density at radius 2 is 2.11 bits per heavy atom. The van der Waals surface area contributed by atoms with Crippen molar-refractivity contribution in [1.82, 2.24) is 9.88 Å². The van der Waals surface area contributed by atoms with Gasteiger partial charge in [0.15, 0.2) is 0 Å². The Morgan fingerprint density at radius 3 is 2.76 bits per heavy atom. The van der Waals surface area contributed by atoms with Crippen LogP contribution in [0.3, 0.4) is 0 Å². The lowest BCUT2D eigenvalue weighted by Crippen LogP contribution is -2.42. The summed E-state index contributed by atoms with van der Waals surface area (Å²) < 4.78 is 22.8. The SMILES string of the molecule is COc1ccc2ncc(N(C)C)c([C@@H](F)CCC3(CC(=O)O)CCN(CCSc4cccs4)CC3)c2c1. The van der Waals surface area contributed by atoms with Crippen LogP contribution in [0.15, 0.2) is 46.1 Å². The van der Waals surface area contributed by atoms with Crippen LogP contribution in [0, 0.1) is 5.41 Å². The van der Waals surface area contributed by atoms with Gasteiger partial charge in [0.25, 0.3) is 0 Å². The number of carboxylic acids is 1. The van der Waals surface area contributed by atoms with Gasteiger partial charge in [0, 0.05) is 37.3 Å². The molecule has 9 heteroatoms. The van der Waals surface area contributed by atoms with Crippen molar-refractivity contribution in [2.24, 2.45) is 5.41 Å². The lowest BCUT2D eigenvalue weighted by molar-refractivity contribution is -0.141. The highest BCUT2D eigenvalue weighted by molar-refractivity contribution is 8.01. The molecule has 37 heavy (non-hydrogen) atoms. The Kier molecular flexibility index (Phi) is 9.31. The van der Waals surface area contributed by atoms with Crippen LogP contribution >= 0.6 is 23.1 Å². The summed E-state index contributed by atoms with van der Waals surface area (Å²) >= 11 is 3.62. The molecule has 0 unspecified atom stereocenters. The van der Waals surface area contributed by atoms with Crippen molar-refractivity contribution >= 4 is 45.7 Å². The summed E-state index contributed by atoms with van der Waals surface area (Å²) in [5.74, 6) is 0.876. The predicted octanol–water partition coefficient (Wildman–Crippen LogP) is 6.51. The molecule has 1 fully saturated rings. The zero-order valence-electron chi connectivity index (χ0n) is 21.8. The molecule has 1 aromatic carbocycles. The van der Waals surface area contributed by atoms with E-state index in [9.17, 15) is 9.90 Å². The number of thioether (sulfide) groups is 1. The number of ether oxygens (including phenoxy) is 1. The van der Waals surface area contributed by atoms with Gasteiger partial charge in [0.2, 0.25) is 0 Å². The quantitative estimate of drug-likeness (QED) is 0.260. The third-order valence-corrected chi connectivity index (χ3v) is 9.52. The number of aromatic nitrogens is 1. The molecule has 0 bridgehead atoms. The van der Waals surface area contributed by atoms with Crippen LogP contribution in [0.5, 0.6) is 5.75 Å². The van der Waals surface area contributed by atoms with Gasteiger partial charge in [-0.3, -0.25) is 9.78 Å². The van der Waals surface area contributed by atoms with Gasteiger partial charge in [-0.25, -0.2) is 4.39 Å². The minimum atomic E-state index is -1.24. The Labute approximate surface area is 226 Å². The summed E-state index contributed by atoms with van der Waals surface area (Å²) in [7, 11) is 5.37. The van der Waals surface area contributed by atoms with Gasteiger partial charge < -0.3 is 19.6 Å². The van der Waals surface area contributed by atoms with E-state index in [1.165, 1.54) is 4.21 Å². The fourth-order valence-corrected chi connectivity index (χ4v) is 7.14. The Bertz CT molecular complexity index is 1180. The van der Waals surface area contributed by atoms with Crippen molar-refractivity contribution in [3.63, 3.8) is 0 Å². The van der Waals surface area contributed by atoms with E-state index >= 15 is 4.39 Å². The first-order valence-corrected chi connectivity index (χ1v) is 14.6. The van der Waals surface area contributed by atoms with Crippen molar-refractivity contribution in [2.75, 3.05) is 51.5 Å². The second kappa shape index (κ2) is 12.5. The largest absolute Gasteiger partial charge is 0.497 e. The molecule has 1 aliphatic rings. The molecule has 3 aromatic rings. The fourth-order valence-electron chi connectivity index (χ4n) is 5.28. The maximum atomic E-state index is 16.1. The molecule has 0 spiro atoms. The van der Waals surface area contributed by atoms with Gasteiger partial charge in [-0.2, -0.15) is 0 Å². The number of piperidine rings is 1. The number of halogens is 1. The number of hydrogen-bond donors (Lipinski definition) is 1. The zero-order valence-corrected chi connectivity index (χ0v) is 23.4. The molecule has 0 radical (unpaired) electrons. The number of rotatable bonds is 12. The summed E-state index contributed by atoms with van der Waals surface area (Å²) in [6.07, 6.45) is 2.94. The van der Waals surface area contributed by atoms with E-state index in [2.05, 4.69) is 27.4 Å². The first kappa shape index (κ1) is 27.7. The van der Waals surface area contributed by atoms with E-state index in [-0.39, 0.29) is 18.3 Å². The van der Waals surface area contributed by atoms with E-state index in [1.807, 2.05) is 49.0 Å². The van der Waals surface area contributed by atoms with E-state index in [0.29, 0.717) is 17.7 Å². The van der Waals surface area contributed by atoms with Crippen LogP contribution < -0.4 is 9.64 Å². The maximum absolute atomic E-state index is 16.1. The summed E-state index contributed by atoms with van der Waals surface area (Å²) in [6.45, 7) is 2.69. The van der Waals surface area contributed by atoms with E-state index in [4.69, 9.17) is 4.74 Å². The number of carboxylic acid groups (broad SMARTS) is 1. The molecule has 0 amide bonds. The number of carbonyl (C=O) groups is 1. The normalized spacial score (nSPS) is 16.5. The summed E-state index contributed by atoms with van der Waals surface area (Å²) in [5.41, 5.74) is 1.67. The summed E-state index contributed by atoms with van der Waals surface area (Å²) in [4.78, 5) is 20.6. The third kappa shape index (κ3) is 6.94. The molecule has 1 aliphatic heterocycles. The maximum Gasteiger partial charge on any atom is 0.303 e. The standard InChI is InChI=1S/C28H36FN3O3S2/c1-31(2)24-19-30-23-7-6-20(35-3)17-21(23)27(24)22(29)8-9-28(18-25(33)34)10-12-32(13-11-28)14-16-37-26-5-4-15-36-26/h4-7,15,17,19,22H,8-14,16,18H2,1-3H3,(H,33,34)/t22-/m0/s1. The molecule has 1 N–H and O–H groups in total. The van der Waals surface area contributed by atoms with Crippen LogP contribution in [0.25, 0.3) is 10.9 Å². The van der Waals surface area contributed by atoms with Gasteiger partial charge in [-0.15, -0.1) is 23.1 Å². The first-order valence-electron chi connectivity index (χ1n) is 12.7. The highest BCUT2D eigenvalue weighted by Crippen LogP contribution is 2.44. The fraction of sp³-hybridized carbons (Fsp3) is 0.500. The van der Waals surface area contributed by atoms with Crippen LogP contribution in [0.2, 0.25) is 0 Å². The first-order chi connectivity index (χ1) is 17.8. The van der Waals surface area contributed by atoms with Crippen molar-refractivity contribution < 1.29 is 19.0 Å². The van der Waals surface area contributed by atoms with Gasteiger partial charge >= 0.3 is 5.97 Å². The second-order valence-electron chi connectivity index (χ2n) is 10.0. The Morgan fingerprint density at radius 1 is 1.32 bits per heavy atom. The third-order valence-electron chi connectivity index (χ3n) is 7.41. The molecular formula is C28H36FN3O3S2. The topological polar surface area (TPSA) is 65.9 Å². The average Bonchev–Trinajstić information content (AvgIpc) is 3.40. The van der Waals surface area contributed by atoms with Crippen LogP contribution in [-0.4, -0.2) is 67.6 Å². The minimum Gasteiger partial charge on any atom is -0.497 e. The van der Waals surface area contributed by atoms with E-state index in [1.54, 1.807) is 24.6 Å². The lowest BCUT2D eigenvalue weighted by Gasteiger charge is -2.41. The van der Waals surface area contributed by atoms with Crippen molar-refractivity contribution in [3.8, 4) is 5.75 Å². The molecule has 2 aromatic heterocycles. The zero-order chi connectivity index (χ0) is 26.4. The Balaban J connectivity index is 1.45. The number of thiophene rings is 1. The highest BCUT2D eigenvalue weighted by atomic mass is 32.2. The van der Waals surface area contributed by atoms with Crippen LogP contribution in [0.4, 0.5) is 10.1 Å². The molecule has 1 saturated heterocycles. The van der Waals surface area contributed by atoms with Gasteiger partial charge in [-0.05, 0) is 73.8 Å². The van der Waals surface area contributed by atoms with Crippen molar-refractivity contribution in [1.29, 1.82) is 0 Å². The summed E-state index contributed by atoms with van der Waals surface area (Å²) in [6, 6.07) is 9.73. The number of anilines is 1. The molecular weight excluding hydrogens is 509 g/mol. The molecule has 6 nitrogen and oxygen atoms in total. The van der Waals surface area contributed by atoms with Crippen LogP contribution in [0.1, 0.15) is 43.8 Å². The van der Waals surface area contributed by atoms with Crippen LogP contribution in [-0.2, 0) is 4.79 Å². The van der Waals surface area contributed by atoms with Gasteiger partial charge in [-0.1, -0.05) is 6.07 Å². The monoisotopic (exact) mass is 545 g/mol. The molecule has 200 valence electrons. The number of hydrogen-bond acceptors (Lipinski definition) is 7. The lowest BCUT2D eigenvalue weighted by atomic mass is 9.71. The number of pyridine rings is 1. The Hall–Kier alpha value is -2.36. The molecule has 1 atom stereocenters. The van der Waals surface area contributed by atoms with E-state index in [0.717, 1.165) is 54.8 Å². The number of fused-ring (bicyclic) bond motifs is 1. The number of nitrogens with zero attached hydrogens (tertiary/aromatic N) is 3. The average molecular weight is 546 g/mol. The minimum absolute atomic E-state index is 0.0863. The number of likely N-dealkylation sites (tertiary alicyclic amines) is 1.